The van der Waals surface area contributed by atoms with Crippen LogP contribution in [-0.2, 0) is 6.54 Å². The Hall–Kier alpha value is 0.1000. The van der Waals surface area contributed by atoms with Crippen molar-refractivity contribution in [3.05, 3.63) is 20.8 Å². The lowest BCUT2D eigenvalue weighted by atomic mass is 10.1. The van der Waals surface area contributed by atoms with E-state index in [2.05, 4.69) is 46.2 Å². The van der Waals surface area contributed by atoms with E-state index in [-0.39, 0.29) is 0 Å². The summed E-state index contributed by atoms with van der Waals surface area (Å²) >= 11 is 5.32. The molecule has 0 fully saturated rings. The Bertz CT molecular complexity index is 341. The lowest BCUT2D eigenvalue weighted by molar-refractivity contribution is 0.224. The molecule has 2 N–H and O–H groups in total. The second kappa shape index (κ2) is 9.92. The minimum absolute atomic E-state index is 0.516. The summed E-state index contributed by atoms with van der Waals surface area (Å²) in [5.74, 6) is 0. The maximum absolute atomic E-state index is 5.93. The predicted molar refractivity (Wildman–Crippen MR) is 89.7 cm³/mol. The van der Waals surface area contributed by atoms with Gasteiger partial charge in [-0.05, 0) is 35.5 Å². The highest BCUT2D eigenvalue weighted by Crippen LogP contribution is 2.22. The molecule has 0 aliphatic rings. The first-order chi connectivity index (χ1) is 9.17. The first kappa shape index (κ1) is 17.2. The molecule has 0 aliphatic carbocycles. The van der Waals surface area contributed by atoms with Crippen molar-refractivity contribution in [1.82, 2.24) is 4.90 Å². The number of thiophene rings is 1. The summed E-state index contributed by atoms with van der Waals surface area (Å²) in [6.07, 6.45) is 7.93. The molecule has 0 bridgehead atoms. The van der Waals surface area contributed by atoms with Gasteiger partial charge in [-0.1, -0.05) is 39.0 Å². The van der Waals surface area contributed by atoms with E-state index in [0.29, 0.717) is 6.04 Å². The number of likely N-dealkylation sites (N-methyl/N-ethyl adjacent to an activating group) is 1. The fourth-order valence-electron chi connectivity index (χ4n) is 2.31. The second-order valence-corrected chi connectivity index (χ2v) is 7.15. The average molecular weight is 347 g/mol. The Balaban J connectivity index is 2.28. The maximum Gasteiger partial charge on any atom is 0.0328 e. The molecule has 0 aromatic carbocycles. The molecular weight excluding hydrogens is 320 g/mol. The van der Waals surface area contributed by atoms with Gasteiger partial charge in [-0.3, -0.25) is 4.90 Å². The Morgan fingerprint density at radius 2 is 2.05 bits per heavy atom. The van der Waals surface area contributed by atoms with Crippen LogP contribution in [0.2, 0.25) is 0 Å². The zero-order valence-electron chi connectivity index (χ0n) is 12.2. The minimum atomic E-state index is 0.516. The van der Waals surface area contributed by atoms with Crippen LogP contribution in [0.15, 0.2) is 15.9 Å². The molecule has 19 heavy (non-hydrogen) atoms. The smallest absolute Gasteiger partial charge is 0.0328 e. The van der Waals surface area contributed by atoms with E-state index >= 15 is 0 Å². The van der Waals surface area contributed by atoms with Crippen molar-refractivity contribution in [2.75, 3.05) is 13.6 Å². The summed E-state index contributed by atoms with van der Waals surface area (Å²) in [4.78, 5) is 3.80. The van der Waals surface area contributed by atoms with Gasteiger partial charge in [0.25, 0.3) is 0 Å². The number of rotatable bonds is 10. The molecule has 1 heterocycles. The number of hydrogen-bond donors (Lipinski definition) is 1. The predicted octanol–water partition coefficient (Wildman–Crippen LogP) is 4.63. The summed E-state index contributed by atoms with van der Waals surface area (Å²) < 4.78 is 1.18. The topological polar surface area (TPSA) is 29.3 Å². The molecule has 0 radical (unpaired) electrons. The van der Waals surface area contributed by atoms with Gasteiger partial charge in [-0.15, -0.1) is 11.3 Å². The van der Waals surface area contributed by atoms with Crippen LogP contribution in [0, 0.1) is 0 Å². The monoisotopic (exact) mass is 346 g/mol. The molecule has 0 saturated carbocycles. The number of unbranched alkanes of at least 4 members (excludes halogenated alkanes) is 4. The summed E-state index contributed by atoms with van der Waals surface area (Å²) in [6.45, 7) is 4.03. The molecular formula is C15H27BrN2S. The molecule has 1 aromatic rings. The summed E-state index contributed by atoms with van der Waals surface area (Å²) in [7, 11) is 2.19. The highest BCUT2D eigenvalue weighted by atomic mass is 79.9. The summed E-state index contributed by atoms with van der Waals surface area (Å²) in [5, 5.41) is 2.14. The number of hydrogen-bond acceptors (Lipinski definition) is 3. The highest BCUT2D eigenvalue weighted by Gasteiger charge is 2.13. The standard InChI is InChI=1S/C15H27BrN2S/c1-3-4-5-6-7-8-14(10-17)18(2)11-15-9-13(16)12-19-15/h9,12,14H,3-8,10-11,17H2,1-2H3. The summed E-state index contributed by atoms with van der Waals surface area (Å²) in [5.41, 5.74) is 5.93. The number of halogens is 1. The molecule has 0 aliphatic heterocycles. The maximum atomic E-state index is 5.93. The van der Waals surface area contributed by atoms with Crippen LogP contribution < -0.4 is 5.73 Å². The molecule has 0 amide bonds. The zero-order valence-corrected chi connectivity index (χ0v) is 14.6. The minimum Gasteiger partial charge on any atom is -0.329 e. The van der Waals surface area contributed by atoms with Gasteiger partial charge < -0.3 is 5.73 Å². The van der Waals surface area contributed by atoms with Gasteiger partial charge in [0.2, 0.25) is 0 Å². The van der Waals surface area contributed by atoms with Gasteiger partial charge in [-0.25, -0.2) is 0 Å². The lowest BCUT2D eigenvalue weighted by Gasteiger charge is -2.26. The Morgan fingerprint density at radius 3 is 2.63 bits per heavy atom. The van der Waals surface area contributed by atoms with Crippen LogP contribution in [0.1, 0.15) is 50.3 Å². The SMILES string of the molecule is CCCCCCCC(CN)N(C)Cc1cc(Br)cs1. The van der Waals surface area contributed by atoms with E-state index in [1.54, 1.807) is 0 Å². The third-order valence-corrected chi connectivity index (χ3v) is 5.25. The van der Waals surface area contributed by atoms with Crippen LogP contribution in [0.3, 0.4) is 0 Å². The molecule has 1 unspecified atom stereocenters. The average Bonchev–Trinajstić information content (AvgIpc) is 2.79. The van der Waals surface area contributed by atoms with Gasteiger partial charge in [0.05, 0.1) is 0 Å². The van der Waals surface area contributed by atoms with Gasteiger partial charge in [0, 0.05) is 33.9 Å². The first-order valence-corrected chi connectivity index (χ1v) is 8.97. The van der Waals surface area contributed by atoms with Crippen molar-refractivity contribution in [3.63, 3.8) is 0 Å². The van der Waals surface area contributed by atoms with Crippen molar-refractivity contribution < 1.29 is 0 Å². The molecule has 0 saturated heterocycles. The Labute approximate surface area is 130 Å². The molecule has 1 aromatic heterocycles. The van der Waals surface area contributed by atoms with Gasteiger partial charge in [-0.2, -0.15) is 0 Å². The van der Waals surface area contributed by atoms with Crippen LogP contribution in [0.25, 0.3) is 0 Å². The van der Waals surface area contributed by atoms with Crippen molar-refractivity contribution in [2.45, 2.75) is 58.0 Å². The highest BCUT2D eigenvalue weighted by molar-refractivity contribution is 9.10. The quantitative estimate of drug-likeness (QED) is 0.625. The van der Waals surface area contributed by atoms with Crippen molar-refractivity contribution in [1.29, 1.82) is 0 Å². The zero-order chi connectivity index (χ0) is 14.1. The van der Waals surface area contributed by atoms with E-state index in [1.165, 1.54) is 47.9 Å². The van der Waals surface area contributed by atoms with Crippen LogP contribution in [-0.4, -0.2) is 24.5 Å². The molecule has 110 valence electrons. The first-order valence-electron chi connectivity index (χ1n) is 7.30. The van der Waals surface area contributed by atoms with Crippen molar-refractivity contribution in [2.24, 2.45) is 5.73 Å². The third-order valence-electron chi connectivity index (χ3n) is 3.56. The van der Waals surface area contributed by atoms with Gasteiger partial charge >= 0.3 is 0 Å². The molecule has 1 atom stereocenters. The van der Waals surface area contributed by atoms with Gasteiger partial charge in [0.15, 0.2) is 0 Å². The van der Waals surface area contributed by atoms with Crippen LogP contribution in [0.4, 0.5) is 0 Å². The van der Waals surface area contributed by atoms with E-state index < -0.39 is 0 Å². The fourth-order valence-corrected chi connectivity index (χ4v) is 3.83. The van der Waals surface area contributed by atoms with E-state index in [1.807, 2.05) is 11.3 Å². The fraction of sp³-hybridized carbons (Fsp3) is 0.733. The normalized spacial score (nSPS) is 13.1. The van der Waals surface area contributed by atoms with Crippen molar-refractivity contribution in [3.8, 4) is 0 Å². The molecule has 4 heteroatoms. The van der Waals surface area contributed by atoms with Crippen LogP contribution in [0.5, 0.6) is 0 Å². The third kappa shape index (κ3) is 6.89. The Kier molecular flexibility index (Phi) is 8.95. The van der Waals surface area contributed by atoms with E-state index in [4.69, 9.17) is 5.73 Å². The van der Waals surface area contributed by atoms with E-state index in [9.17, 15) is 0 Å². The Morgan fingerprint density at radius 1 is 1.32 bits per heavy atom. The number of nitrogens with zero attached hydrogens (tertiary/aromatic N) is 1. The molecule has 2 nitrogen and oxygen atoms in total. The second-order valence-electron chi connectivity index (χ2n) is 5.24. The summed E-state index contributed by atoms with van der Waals surface area (Å²) in [6, 6.07) is 2.72. The van der Waals surface area contributed by atoms with Gasteiger partial charge in [0.1, 0.15) is 0 Å². The van der Waals surface area contributed by atoms with Crippen molar-refractivity contribution >= 4 is 27.3 Å². The number of nitrogens with two attached hydrogens (primary N) is 1. The lowest BCUT2D eigenvalue weighted by Crippen LogP contribution is -2.37. The molecule has 0 spiro atoms. The van der Waals surface area contributed by atoms with Crippen LogP contribution >= 0.6 is 27.3 Å². The van der Waals surface area contributed by atoms with E-state index in [0.717, 1.165) is 13.1 Å². The molecule has 1 rings (SSSR count). The largest absolute Gasteiger partial charge is 0.329 e.